The maximum atomic E-state index is 10.4. The molecule has 2 aliphatic heterocycles. The lowest BCUT2D eigenvalue weighted by molar-refractivity contribution is -0.151. The van der Waals surface area contributed by atoms with Crippen molar-refractivity contribution in [2.24, 2.45) is 4.99 Å². The van der Waals surface area contributed by atoms with Gasteiger partial charge in [-0.3, -0.25) is 4.99 Å². The van der Waals surface area contributed by atoms with Gasteiger partial charge in [-0.05, 0) is 19.8 Å². The van der Waals surface area contributed by atoms with E-state index in [0.717, 1.165) is 11.7 Å². The summed E-state index contributed by atoms with van der Waals surface area (Å²) in [6, 6.07) is 0.159. The van der Waals surface area contributed by atoms with Crippen molar-refractivity contribution in [3.8, 4) is 0 Å². The lowest BCUT2D eigenvalue weighted by Gasteiger charge is -2.38. The number of ether oxygens (including phenoxy) is 1. The molecule has 0 aromatic heterocycles. The van der Waals surface area contributed by atoms with Crippen LogP contribution in [0.1, 0.15) is 32.6 Å². The Morgan fingerprint density at radius 2 is 2.05 bits per heavy atom. The van der Waals surface area contributed by atoms with Gasteiger partial charge in [0, 0.05) is 26.2 Å². The number of aliphatic hydroxyl groups is 2. The molecule has 2 fully saturated rings. The highest BCUT2D eigenvalue weighted by Crippen LogP contribution is 2.37. The van der Waals surface area contributed by atoms with E-state index in [9.17, 15) is 10.2 Å². The number of nitrogens with zero attached hydrogens (tertiary/aromatic N) is 2. The van der Waals surface area contributed by atoms with Crippen LogP contribution in [0.5, 0.6) is 0 Å². The number of amidine groups is 1. The van der Waals surface area contributed by atoms with Crippen LogP contribution < -0.4 is 5.32 Å². The first-order valence-corrected chi connectivity index (χ1v) is 9.18. The van der Waals surface area contributed by atoms with Crippen LogP contribution in [0.2, 0.25) is 0 Å². The molecule has 1 saturated carbocycles. The number of nitrogens with one attached hydrogen (secondary N) is 1. The Labute approximate surface area is 136 Å². The zero-order valence-electron chi connectivity index (χ0n) is 13.3. The van der Waals surface area contributed by atoms with E-state index >= 15 is 0 Å². The van der Waals surface area contributed by atoms with E-state index in [2.05, 4.69) is 17.2 Å². The minimum absolute atomic E-state index is 0.197. The van der Waals surface area contributed by atoms with Crippen molar-refractivity contribution in [1.29, 1.82) is 0 Å². The number of aliphatic imine (C=N–C) groups is 1. The highest BCUT2D eigenvalue weighted by atomic mass is 32.2. The topological polar surface area (TPSA) is 77.3 Å². The lowest BCUT2D eigenvalue weighted by Crippen LogP contribution is -2.57. The number of thioether (sulfide) groups is 1. The second-order valence-electron chi connectivity index (χ2n) is 6.45. The summed E-state index contributed by atoms with van der Waals surface area (Å²) in [5, 5.41) is 25.1. The number of rotatable bonds is 4. The zero-order chi connectivity index (χ0) is 15.7. The van der Waals surface area contributed by atoms with Crippen LogP contribution in [-0.2, 0) is 4.74 Å². The number of fused-ring (bicyclic) bond motifs is 1. The maximum absolute atomic E-state index is 10.4. The number of hydrogen-bond acceptors (Lipinski definition) is 7. The third-order valence-electron chi connectivity index (χ3n) is 4.91. The van der Waals surface area contributed by atoms with Crippen LogP contribution >= 0.6 is 11.8 Å². The molecule has 0 spiro atoms. The Morgan fingerprint density at radius 3 is 2.73 bits per heavy atom. The van der Waals surface area contributed by atoms with E-state index in [1.54, 1.807) is 11.8 Å². The van der Waals surface area contributed by atoms with Gasteiger partial charge in [0.15, 0.2) is 5.17 Å². The monoisotopic (exact) mass is 329 g/mol. The standard InChI is InChI=1S/C15H27N3O3S/c1-3-18(2)15-17-11-13(20)12(19)10(21-14(11)22-15)8-16-9-6-4-5-7-9/h9-14,16,19-20H,3-8H2,1-2H3. The van der Waals surface area contributed by atoms with Crippen LogP contribution in [-0.4, -0.2) is 76.2 Å². The fourth-order valence-corrected chi connectivity index (χ4v) is 4.58. The molecule has 0 aromatic carbocycles. The molecule has 6 nitrogen and oxygen atoms in total. The van der Waals surface area contributed by atoms with Gasteiger partial charge in [0.25, 0.3) is 0 Å². The molecule has 2 heterocycles. The Hall–Kier alpha value is -0.340. The fourth-order valence-electron chi connectivity index (χ4n) is 3.32. The van der Waals surface area contributed by atoms with Crippen molar-refractivity contribution in [3.63, 3.8) is 0 Å². The van der Waals surface area contributed by atoms with E-state index < -0.39 is 12.2 Å². The minimum Gasteiger partial charge on any atom is -0.388 e. The molecule has 126 valence electrons. The van der Waals surface area contributed by atoms with Crippen molar-refractivity contribution >= 4 is 16.9 Å². The second kappa shape index (κ2) is 7.05. The Bertz CT molecular complexity index is 417. The van der Waals surface area contributed by atoms with Crippen LogP contribution in [0.15, 0.2) is 4.99 Å². The molecule has 3 rings (SSSR count). The van der Waals surface area contributed by atoms with Gasteiger partial charge in [-0.1, -0.05) is 24.6 Å². The Balaban J connectivity index is 1.59. The molecule has 7 heteroatoms. The maximum Gasteiger partial charge on any atom is 0.162 e. The van der Waals surface area contributed by atoms with Crippen molar-refractivity contribution in [2.45, 2.75) is 68.4 Å². The molecule has 3 N–H and O–H groups in total. The summed E-state index contributed by atoms with van der Waals surface area (Å²) in [5.74, 6) is 0. The van der Waals surface area contributed by atoms with Gasteiger partial charge in [0.1, 0.15) is 29.8 Å². The molecule has 3 aliphatic rings. The molecule has 1 saturated heterocycles. The van der Waals surface area contributed by atoms with E-state index in [1.165, 1.54) is 25.7 Å². The molecular weight excluding hydrogens is 302 g/mol. The van der Waals surface area contributed by atoms with Gasteiger partial charge in [-0.25, -0.2) is 0 Å². The van der Waals surface area contributed by atoms with Gasteiger partial charge in [0.2, 0.25) is 0 Å². The largest absolute Gasteiger partial charge is 0.388 e. The van der Waals surface area contributed by atoms with E-state index in [-0.39, 0.29) is 17.6 Å². The van der Waals surface area contributed by atoms with Crippen molar-refractivity contribution in [1.82, 2.24) is 10.2 Å². The van der Waals surface area contributed by atoms with Gasteiger partial charge in [-0.15, -0.1) is 0 Å². The summed E-state index contributed by atoms with van der Waals surface area (Å²) in [7, 11) is 1.98. The van der Waals surface area contributed by atoms with E-state index in [1.807, 2.05) is 11.9 Å². The van der Waals surface area contributed by atoms with Gasteiger partial charge in [0.05, 0.1) is 0 Å². The third-order valence-corrected chi connectivity index (χ3v) is 6.16. The quantitative estimate of drug-likeness (QED) is 0.693. The third kappa shape index (κ3) is 3.28. The molecule has 1 aliphatic carbocycles. The summed E-state index contributed by atoms with van der Waals surface area (Å²) in [6.45, 7) is 3.51. The van der Waals surface area contributed by atoms with Crippen LogP contribution in [0.3, 0.4) is 0 Å². The second-order valence-corrected chi connectivity index (χ2v) is 7.51. The molecule has 0 aromatic rings. The highest BCUT2D eigenvalue weighted by Gasteiger charge is 2.48. The zero-order valence-corrected chi connectivity index (χ0v) is 14.1. The molecule has 5 unspecified atom stereocenters. The Morgan fingerprint density at radius 1 is 1.32 bits per heavy atom. The summed E-state index contributed by atoms with van der Waals surface area (Å²) >= 11 is 1.55. The molecule has 0 amide bonds. The lowest BCUT2D eigenvalue weighted by atomic mass is 9.98. The van der Waals surface area contributed by atoms with Gasteiger partial charge < -0.3 is 25.2 Å². The van der Waals surface area contributed by atoms with Gasteiger partial charge in [-0.2, -0.15) is 0 Å². The Kier molecular flexibility index (Phi) is 5.29. The number of aliphatic hydroxyl groups excluding tert-OH is 2. The SMILES string of the molecule is CCN(C)C1=NC2C(OC(CNC3CCCC3)C(O)C2O)S1. The van der Waals surface area contributed by atoms with E-state index in [4.69, 9.17) is 4.74 Å². The highest BCUT2D eigenvalue weighted by molar-refractivity contribution is 8.14. The van der Waals surface area contributed by atoms with Gasteiger partial charge >= 0.3 is 0 Å². The normalized spacial score (nSPS) is 38.9. The predicted molar refractivity (Wildman–Crippen MR) is 88.1 cm³/mol. The average Bonchev–Trinajstić information content (AvgIpc) is 3.17. The van der Waals surface area contributed by atoms with Crippen molar-refractivity contribution in [2.75, 3.05) is 20.1 Å². The van der Waals surface area contributed by atoms with Crippen LogP contribution in [0, 0.1) is 0 Å². The molecule has 0 bridgehead atoms. The number of hydrogen-bond donors (Lipinski definition) is 3. The first kappa shape index (κ1) is 16.5. The molecule has 0 radical (unpaired) electrons. The van der Waals surface area contributed by atoms with Crippen LogP contribution in [0.4, 0.5) is 0 Å². The molecule has 5 atom stereocenters. The predicted octanol–water partition coefficient (Wildman–Crippen LogP) is 0.388. The van der Waals surface area contributed by atoms with Crippen LogP contribution in [0.25, 0.3) is 0 Å². The average molecular weight is 329 g/mol. The first-order chi connectivity index (χ1) is 10.6. The summed E-state index contributed by atoms with van der Waals surface area (Å²) in [5.41, 5.74) is -0.197. The summed E-state index contributed by atoms with van der Waals surface area (Å²) in [6.07, 6.45) is 2.83. The smallest absolute Gasteiger partial charge is 0.162 e. The minimum atomic E-state index is -0.884. The van der Waals surface area contributed by atoms with Crippen molar-refractivity contribution in [3.05, 3.63) is 0 Å². The first-order valence-electron chi connectivity index (χ1n) is 8.30. The molecular formula is C15H27N3O3S. The summed E-state index contributed by atoms with van der Waals surface area (Å²) < 4.78 is 6.03. The van der Waals surface area contributed by atoms with Crippen molar-refractivity contribution < 1.29 is 14.9 Å². The molecule has 22 heavy (non-hydrogen) atoms. The fraction of sp³-hybridized carbons (Fsp3) is 0.933. The van der Waals surface area contributed by atoms with E-state index in [0.29, 0.717) is 12.6 Å². The summed E-state index contributed by atoms with van der Waals surface area (Å²) in [4.78, 5) is 6.57.